The number of piperidine rings is 1. The number of aliphatic imine (C=N–C) groups is 1. The number of rotatable bonds is 5. The number of pyridine rings is 1. The fourth-order valence-corrected chi connectivity index (χ4v) is 3.80. The number of aromatic nitrogens is 2. The van der Waals surface area contributed by atoms with Crippen LogP contribution in [0.3, 0.4) is 0 Å². The summed E-state index contributed by atoms with van der Waals surface area (Å²) in [5, 5.41) is 0. The maximum absolute atomic E-state index is 6.01. The first kappa shape index (κ1) is 18.7. The normalized spacial score (nSPS) is 18.6. The maximum atomic E-state index is 6.01. The molecule has 1 saturated heterocycles. The van der Waals surface area contributed by atoms with Crippen LogP contribution in [0.2, 0.25) is 0 Å². The van der Waals surface area contributed by atoms with Crippen LogP contribution in [0.25, 0.3) is 11.1 Å². The molecule has 2 aliphatic heterocycles. The quantitative estimate of drug-likeness (QED) is 0.639. The molecule has 0 amide bonds. The Labute approximate surface area is 175 Å². The Morgan fingerprint density at radius 1 is 1.20 bits per heavy atom. The van der Waals surface area contributed by atoms with Crippen LogP contribution in [-0.4, -0.2) is 42.4 Å². The van der Waals surface area contributed by atoms with Crippen LogP contribution in [-0.2, 0) is 6.61 Å². The van der Waals surface area contributed by atoms with Crippen molar-refractivity contribution in [2.75, 3.05) is 31.6 Å². The van der Waals surface area contributed by atoms with Crippen molar-refractivity contribution in [1.82, 2.24) is 9.97 Å². The number of methoxy groups -OCH3 is 1. The molecule has 7 nitrogen and oxygen atoms in total. The molecular formula is C23H24N4O3. The summed E-state index contributed by atoms with van der Waals surface area (Å²) in [6.07, 6.45) is 5.01. The van der Waals surface area contributed by atoms with E-state index in [0.717, 1.165) is 60.1 Å². The first-order valence-corrected chi connectivity index (χ1v) is 10.2. The number of anilines is 1. The van der Waals surface area contributed by atoms with E-state index in [1.165, 1.54) is 5.57 Å². The van der Waals surface area contributed by atoms with Crippen LogP contribution in [0, 0.1) is 5.92 Å². The first-order valence-electron chi connectivity index (χ1n) is 10.2. The highest BCUT2D eigenvalue weighted by Gasteiger charge is 2.25. The van der Waals surface area contributed by atoms with Crippen molar-refractivity contribution in [3.8, 4) is 11.5 Å². The van der Waals surface area contributed by atoms with Crippen molar-refractivity contribution in [3.05, 3.63) is 53.9 Å². The van der Waals surface area contributed by atoms with E-state index in [1.54, 1.807) is 13.3 Å². The van der Waals surface area contributed by atoms with Crippen molar-refractivity contribution < 1.29 is 13.9 Å². The summed E-state index contributed by atoms with van der Waals surface area (Å²) in [6, 6.07) is 10.1. The summed E-state index contributed by atoms with van der Waals surface area (Å²) in [4.78, 5) is 15.9. The molecule has 7 heteroatoms. The molecule has 1 aromatic carbocycles. The number of oxazole rings is 1. The molecule has 0 bridgehead atoms. The van der Waals surface area contributed by atoms with Gasteiger partial charge in [-0.25, -0.2) is 0 Å². The Balaban J connectivity index is 1.29. The number of hydrogen-bond acceptors (Lipinski definition) is 7. The molecular weight excluding hydrogens is 380 g/mol. The Hall–Kier alpha value is -3.35. The zero-order valence-electron chi connectivity index (χ0n) is 17.2. The van der Waals surface area contributed by atoms with Gasteiger partial charge >= 0.3 is 0 Å². The summed E-state index contributed by atoms with van der Waals surface area (Å²) >= 11 is 0. The third-order valence-corrected chi connectivity index (χ3v) is 5.46. The lowest BCUT2D eigenvalue weighted by Crippen LogP contribution is -2.38. The molecule has 1 unspecified atom stereocenters. The molecule has 0 radical (unpaired) electrons. The molecule has 30 heavy (non-hydrogen) atoms. The summed E-state index contributed by atoms with van der Waals surface area (Å²) < 4.78 is 17.0. The standard InChI is InChI=1S/C23H24N4O3/c1-15-9-16-7-8-27(13-21(16)25-11-15)23-26-20-10-18(5-6-22(20)30-23)29-14-17-3-4-19(28-2)12-24-17/h3-6,9-10,12,15H,7-8,11,13-14H2,1-2H3. The number of fused-ring (bicyclic) bond motifs is 2. The maximum Gasteiger partial charge on any atom is 0.298 e. The molecule has 2 aromatic heterocycles. The predicted molar refractivity (Wildman–Crippen MR) is 116 cm³/mol. The lowest BCUT2D eigenvalue weighted by molar-refractivity contribution is 0.301. The zero-order valence-corrected chi connectivity index (χ0v) is 17.2. The van der Waals surface area contributed by atoms with Crippen LogP contribution in [0.1, 0.15) is 19.0 Å². The van der Waals surface area contributed by atoms with Crippen molar-refractivity contribution in [3.63, 3.8) is 0 Å². The number of hydrogen-bond donors (Lipinski definition) is 0. The highest BCUT2D eigenvalue weighted by atomic mass is 16.5. The molecule has 0 N–H and O–H groups in total. The largest absolute Gasteiger partial charge is 0.495 e. The van der Waals surface area contributed by atoms with E-state index in [2.05, 4.69) is 22.9 Å². The van der Waals surface area contributed by atoms with Crippen molar-refractivity contribution in [1.29, 1.82) is 0 Å². The Bertz CT molecular complexity index is 1120. The Morgan fingerprint density at radius 2 is 2.10 bits per heavy atom. The highest BCUT2D eigenvalue weighted by molar-refractivity contribution is 6.04. The van der Waals surface area contributed by atoms with Gasteiger partial charge in [-0.2, -0.15) is 4.98 Å². The molecule has 4 heterocycles. The number of nitrogens with zero attached hydrogens (tertiary/aromatic N) is 4. The van der Waals surface area contributed by atoms with Gasteiger partial charge in [0, 0.05) is 19.2 Å². The van der Waals surface area contributed by atoms with Crippen molar-refractivity contribution in [2.24, 2.45) is 10.9 Å². The molecule has 2 aliphatic rings. The van der Waals surface area contributed by atoms with Crippen LogP contribution in [0.15, 0.2) is 57.6 Å². The van der Waals surface area contributed by atoms with Gasteiger partial charge in [0.15, 0.2) is 5.58 Å². The lowest BCUT2D eigenvalue weighted by atomic mass is 9.94. The lowest BCUT2D eigenvalue weighted by Gasteiger charge is -2.30. The van der Waals surface area contributed by atoms with E-state index >= 15 is 0 Å². The molecule has 0 saturated carbocycles. The molecule has 1 fully saturated rings. The highest BCUT2D eigenvalue weighted by Crippen LogP contribution is 2.29. The molecule has 0 spiro atoms. The fourth-order valence-electron chi connectivity index (χ4n) is 3.80. The van der Waals surface area contributed by atoms with Gasteiger partial charge in [-0.1, -0.05) is 13.0 Å². The molecule has 3 aromatic rings. The third-order valence-electron chi connectivity index (χ3n) is 5.46. The third kappa shape index (κ3) is 3.75. The first-order chi connectivity index (χ1) is 14.7. The van der Waals surface area contributed by atoms with Gasteiger partial charge in [-0.3, -0.25) is 9.98 Å². The number of ether oxygens (including phenoxy) is 2. The monoisotopic (exact) mass is 404 g/mol. The summed E-state index contributed by atoms with van der Waals surface area (Å²) in [6.45, 7) is 5.09. The van der Waals surface area contributed by atoms with Gasteiger partial charge in [0.1, 0.15) is 23.6 Å². The van der Waals surface area contributed by atoms with Crippen molar-refractivity contribution >= 4 is 22.8 Å². The summed E-state index contributed by atoms with van der Waals surface area (Å²) in [5.41, 5.74) is 4.91. The van der Waals surface area contributed by atoms with E-state index in [1.807, 2.05) is 30.3 Å². The number of dihydropyridines is 1. The molecule has 154 valence electrons. The van der Waals surface area contributed by atoms with Crippen molar-refractivity contribution in [2.45, 2.75) is 20.0 Å². The van der Waals surface area contributed by atoms with Crippen LogP contribution in [0.4, 0.5) is 6.01 Å². The fraction of sp³-hybridized carbons (Fsp3) is 0.348. The molecule has 0 aliphatic carbocycles. The molecule has 5 rings (SSSR count). The van der Waals surface area contributed by atoms with Gasteiger partial charge in [0.2, 0.25) is 0 Å². The van der Waals surface area contributed by atoms with E-state index < -0.39 is 0 Å². The average Bonchev–Trinajstić information content (AvgIpc) is 3.21. The van der Waals surface area contributed by atoms with E-state index in [-0.39, 0.29) is 0 Å². The minimum absolute atomic E-state index is 0.375. The summed E-state index contributed by atoms with van der Waals surface area (Å²) in [5.74, 6) is 1.99. The van der Waals surface area contributed by atoms with Gasteiger partial charge in [-0.15, -0.1) is 0 Å². The average molecular weight is 404 g/mol. The van der Waals surface area contributed by atoms with E-state index in [9.17, 15) is 0 Å². The predicted octanol–water partition coefficient (Wildman–Crippen LogP) is 4.04. The van der Waals surface area contributed by atoms with Crippen LogP contribution >= 0.6 is 0 Å². The number of benzene rings is 1. The topological polar surface area (TPSA) is 73.0 Å². The zero-order chi connectivity index (χ0) is 20.5. The second-order valence-corrected chi connectivity index (χ2v) is 7.73. The smallest absolute Gasteiger partial charge is 0.298 e. The Kier molecular flexibility index (Phi) is 4.86. The van der Waals surface area contributed by atoms with E-state index in [0.29, 0.717) is 18.5 Å². The van der Waals surface area contributed by atoms with Gasteiger partial charge in [-0.05, 0) is 42.2 Å². The van der Waals surface area contributed by atoms with Gasteiger partial charge in [0.25, 0.3) is 6.01 Å². The Morgan fingerprint density at radius 3 is 2.93 bits per heavy atom. The second kappa shape index (κ2) is 7.82. The van der Waals surface area contributed by atoms with Crippen LogP contribution in [0.5, 0.6) is 11.5 Å². The van der Waals surface area contributed by atoms with Crippen LogP contribution < -0.4 is 14.4 Å². The van der Waals surface area contributed by atoms with Gasteiger partial charge < -0.3 is 18.8 Å². The minimum Gasteiger partial charge on any atom is -0.495 e. The SMILES string of the molecule is COc1ccc(COc2ccc3oc(N4CCC5=CC(C)CN=C5C4)nc3c2)nc1. The summed E-state index contributed by atoms with van der Waals surface area (Å²) in [7, 11) is 1.62. The molecule has 1 atom stereocenters. The second-order valence-electron chi connectivity index (χ2n) is 7.73. The van der Waals surface area contributed by atoms with E-state index in [4.69, 9.17) is 23.9 Å². The van der Waals surface area contributed by atoms with Gasteiger partial charge in [0.05, 0.1) is 31.3 Å². The minimum atomic E-state index is 0.375.